The van der Waals surface area contributed by atoms with Gasteiger partial charge < -0.3 is 5.11 Å². The fraction of sp³-hybridized carbons (Fsp3) is 0.545. The topological polar surface area (TPSA) is 40.5 Å². The molecule has 0 unspecified atom stereocenters. The second-order valence-corrected chi connectivity index (χ2v) is 4.94. The van der Waals surface area contributed by atoms with E-state index in [2.05, 4.69) is 17.5 Å². The molecule has 0 saturated carbocycles. The molecule has 0 bridgehead atoms. The molecule has 2 rings (SSSR count). The zero-order valence-electron chi connectivity index (χ0n) is 8.56. The summed E-state index contributed by atoms with van der Waals surface area (Å²) in [6.45, 7) is 2.01. The smallest absolute Gasteiger partial charge is 0.317 e. The van der Waals surface area contributed by atoms with Crippen LogP contribution in [0.25, 0.3) is 0 Å². The number of likely N-dealkylation sites (tertiary alicyclic amines) is 1. The summed E-state index contributed by atoms with van der Waals surface area (Å²) >= 11 is 1.81. The van der Waals surface area contributed by atoms with E-state index in [9.17, 15) is 4.79 Å². The highest BCUT2D eigenvalue weighted by atomic mass is 32.1. The summed E-state index contributed by atoms with van der Waals surface area (Å²) < 4.78 is 0. The van der Waals surface area contributed by atoms with Gasteiger partial charge in [0.25, 0.3) is 0 Å². The van der Waals surface area contributed by atoms with Gasteiger partial charge in [-0.1, -0.05) is 6.07 Å². The maximum absolute atomic E-state index is 10.5. The summed E-state index contributed by atoms with van der Waals surface area (Å²) in [5.74, 6) is -0.0698. The van der Waals surface area contributed by atoms with E-state index in [1.807, 2.05) is 16.2 Å². The second-order valence-electron chi connectivity index (χ2n) is 3.96. The van der Waals surface area contributed by atoms with Crippen LogP contribution in [-0.2, 0) is 4.79 Å². The molecule has 0 aromatic carbocycles. The molecule has 15 heavy (non-hydrogen) atoms. The van der Waals surface area contributed by atoms with Crippen LogP contribution in [0.3, 0.4) is 0 Å². The third-order valence-corrected chi connectivity index (χ3v) is 3.93. The number of hydrogen-bond donors (Lipinski definition) is 1. The lowest BCUT2D eigenvalue weighted by atomic mass is 9.95. The van der Waals surface area contributed by atoms with Crippen molar-refractivity contribution < 1.29 is 9.90 Å². The van der Waals surface area contributed by atoms with Crippen LogP contribution in [0.5, 0.6) is 0 Å². The molecule has 82 valence electrons. The molecule has 0 amide bonds. The number of thiophene rings is 1. The van der Waals surface area contributed by atoms with Crippen molar-refractivity contribution in [3.05, 3.63) is 22.4 Å². The first-order chi connectivity index (χ1) is 7.25. The van der Waals surface area contributed by atoms with E-state index in [0.717, 1.165) is 25.9 Å². The van der Waals surface area contributed by atoms with E-state index in [-0.39, 0.29) is 6.54 Å². The van der Waals surface area contributed by atoms with Crippen LogP contribution >= 0.6 is 11.3 Å². The summed E-state index contributed by atoms with van der Waals surface area (Å²) in [7, 11) is 0. The van der Waals surface area contributed by atoms with Crippen LogP contribution in [0.4, 0.5) is 0 Å². The minimum atomic E-state index is -0.718. The van der Waals surface area contributed by atoms with Gasteiger partial charge in [-0.05, 0) is 43.3 Å². The van der Waals surface area contributed by atoms with Crippen molar-refractivity contribution in [2.24, 2.45) is 0 Å². The van der Waals surface area contributed by atoms with Gasteiger partial charge in [0.1, 0.15) is 0 Å². The lowest BCUT2D eigenvalue weighted by Crippen LogP contribution is -2.36. The van der Waals surface area contributed by atoms with E-state index in [1.54, 1.807) is 0 Å². The molecule has 1 aromatic heterocycles. The number of hydrogen-bond acceptors (Lipinski definition) is 3. The van der Waals surface area contributed by atoms with Crippen LogP contribution < -0.4 is 0 Å². The highest BCUT2D eigenvalue weighted by molar-refractivity contribution is 7.10. The Balaban J connectivity index is 1.84. The lowest BCUT2D eigenvalue weighted by molar-refractivity contribution is -0.138. The average molecular weight is 225 g/mol. The Labute approximate surface area is 93.3 Å². The van der Waals surface area contributed by atoms with E-state index in [0.29, 0.717) is 5.92 Å². The molecule has 0 spiro atoms. The highest BCUT2D eigenvalue weighted by Gasteiger charge is 2.22. The SMILES string of the molecule is O=C(O)CN1CCC(c2cccs2)CC1. The third-order valence-electron chi connectivity index (χ3n) is 2.89. The fourth-order valence-electron chi connectivity index (χ4n) is 2.09. The predicted octanol–water partition coefficient (Wildman–Crippen LogP) is 2.01. The van der Waals surface area contributed by atoms with E-state index < -0.39 is 5.97 Å². The summed E-state index contributed by atoms with van der Waals surface area (Å²) in [6, 6.07) is 4.27. The average Bonchev–Trinajstić information content (AvgIpc) is 2.71. The standard InChI is InChI=1S/C11H15NO2S/c13-11(14)8-12-5-3-9(4-6-12)10-2-1-7-15-10/h1-2,7,9H,3-6,8H2,(H,13,14). The number of rotatable bonds is 3. The largest absolute Gasteiger partial charge is 0.480 e. The van der Waals surface area contributed by atoms with Crippen molar-refractivity contribution in [2.45, 2.75) is 18.8 Å². The first kappa shape index (κ1) is 10.6. The second kappa shape index (κ2) is 4.77. The minimum absolute atomic E-state index is 0.192. The summed E-state index contributed by atoms with van der Waals surface area (Å²) in [6.07, 6.45) is 2.18. The molecule has 4 heteroatoms. The van der Waals surface area contributed by atoms with Crippen LogP contribution in [0.1, 0.15) is 23.6 Å². The van der Waals surface area contributed by atoms with E-state index in [1.165, 1.54) is 4.88 Å². The quantitative estimate of drug-likeness (QED) is 0.855. The van der Waals surface area contributed by atoms with Gasteiger partial charge in [-0.3, -0.25) is 9.69 Å². The molecule has 2 heterocycles. The molecule has 1 N–H and O–H groups in total. The molecule has 1 aromatic rings. The molecular formula is C11H15NO2S. The number of carboxylic acids is 1. The van der Waals surface area contributed by atoms with Crippen molar-refractivity contribution >= 4 is 17.3 Å². The minimum Gasteiger partial charge on any atom is -0.480 e. The Kier molecular flexibility index (Phi) is 3.38. The van der Waals surface area contributed by atoms with Crippen molar-refractivity contribution in [2.75, 3.05) is 19.6 Å². The van der Waals surface area contributed by atoms with Crippen LogP contribution in [0.2, 0.25) is 0 Å². The zero-order chi connectivity index (χ0) is 10.7. The molecule has 1 aliphatic heterocycles. The Bertz CT molecular complexity index is 315. The number of carbonyl (C=O) groups is 1. The lowest BCUT2D eigenvalue weighted by Gasteiger charge is -2.30. The summed E-state index contributed by atoms with van der Waals surface area (Å²) in [4.78, 5) is 14.0. The normalized spacial score (nSPS) is 19.2. The number of piperidine rings is 1. The third kappa shape index (κ3) is 2.79. The van der Waals surface area contributed by atoms with Gasteiger partial charge in [-0.25, -0.2) is 0 Å². The van der Waals surface area contributed by atoms with Crippen LogP contribution in [0, 0.1) is 0 Å². The van der Waals surface area contributed by atoms with E-state index in [4.69, 9.17) is 5.11 Å². The Morgan fingerprint density at radius 1 is 1.53 bits per heavy atom. The molecule has 1 fully saturated rings. The maximum atomic E-state index is 10.5. The summed E-state index contributed by atoms with van der Waals surface area (Å²) in [5, 5.41) is 10.8. The molecule has 0 atom stereocenters. The number of nitrogens with zero attached hydrogens (tertiary/aromatic N) is 1. The van der Waals surface area contributed by atoms with Gasteiger partial charge in [0, 0.05) is 4.88 Å². The molecular weight excluding hydrogens is 210 g/mol. The summed E-state index contributed by atoms with van der Waals surface area (Å²) in [5.41, 5.74) is 0. The molecule has 1 aliphatic rings. The van der Waals surface area contributed by atoms with Crippen LogP contribution in [-0.4, -0.2) is 35.6 Å². The van der Waals surface area contributed by atoms with Gasteiger partial charge >= 0.3 is 5.97 Å². The van der Waals surface area contributed by atoms with E-state index >= 15 is 0 Å². The van der Waals surface area contributed by atoms with Gasteiger partial charge in [0.15, 0.2) is 0 Å². The Morgan fingerprint density at radius 3 is 2.80 bits per heavy atom. The Hall–Kier alpha value is -0.870. The molecule has 0 radical (unpaired) electrons. The van der Waals surface area contributed by atoms with Crippen molar-refractivity contribution in [1.29, 1.82) is 0 Å². The van der Waals surface area contributed by atoms with Crippen molar-refractivity contribution in [3.8, 4) is 0 Å². The highest BCUT2D eigenvalue weighted by Crippen LogP contribution is 2.30. The predicted molar refractivity (Wildman–Crippen MR) is 60.4 cm³/mol. The van der Waals surface area contributed by atoms with Crippen molar-refractivity contribution in [1.82, 2.24) is 4.90 Å². The molecule has 0 aliphatic carbocycles. The Morgan fingerprint density at radius 2 is 2.27 bits per heavy atom. The zero-order valence-corrected chi connectivity index (χ0v) is 9.37. The number of carboxylic acid groups (broad SMARTS) is 1. The monoisotopic (exact) mass is 225 g/mol. The van der Waals surface area contributed by atoms with Crippen molar-refractivity contribution in [3.63, 3.8) is 0 Å². The number of aliphatic carboxylic acids is 1. The first-order valence-electron chi connectivity index (χ1n) is 5.23. The van der Waals surface area contributed by atoms with Crippen LogP contribution in [0.15, 0.2) is 17.5 Å². The van der Waals surface area contributed by atoms with Gasteiger partial charge in [-0.15, -0.1) is 11.3 Å². The molecule has 3 nitrogen and oxygen atoms in total. The van der Waals surface area contributed by atoms with Gasteiger partial charge in [0.2, 0.25) is 0 Å². The van der Waals surface area contributed by atoms with Gasteiger partial charge in [-0.2, -0.15) is 0 Å². The maximum Gasteiger partial charge on any atom is 0.317 e. The van der Waals surface area contributed by atoms with Gasteiger partial charge in [0.05, 0.1) is 6.54 Å². The first-order valence-corrected chi connectivity index (χ1v) is 6.11. The fourth-order valence-corrected chi connectivity index (χ4v) is 2.99. The molecule has 1 saturated heterocycles.